The third-order valence-electron chi connectivity index (χ3n) is 7.11. The third-order valence-corrected chi connectivity index (χ3v) is 9.34. The van der Waals surface area contributed by atoms with Gasteiger partial charge in [0.25, 0.3) is 10.0 Å². The summed E-state index contributed by atoms with van der Waals surface area (Å²) in [6, 6.07) is 8.94. The highest BCUT2D eigenvalue weighted by atomic mass is 32.2. The highest BCUT2D eigenvalue weighted by Gasteiger charge is 2.43. The van der Waals surface area contributed by atoms with Gasteiger partial charge in [0, 0.05) is 23.5 Å². The largest absolute Gasteiger partial charge is 0.497 e. The summed E-state index contributed by atoms with van der Waals surface area (Å²) >= 11 is 1.32. The number of fused-ring (bicyclic) bond motifs is 2. The van der Waals surface area contributed by atoms with Gasteiger partial charge in [-0.2, -0.15) is 8.42 Å². The van der Waals surface area contributed by atoms with E-state index < -0.39 is 16.1 Å². The Balaban J connectivity index is 1.36. The summed E-state index contributed by atoms with van der Waals surface area (Å²) in [6.07, 6.45) is 3.91. The van der Waals surface area contributed by atoms with Crippen molar-refractivity contribution in [3.8, 4) is 5.75 Å². The zero-order chi connectivity index (χ0) is 26.2. The molecule has 37 heavy (non-hydrogen) atoms. The fourth-order valence-corrected chi connectivity index (χ4v) is 7.29. The molecule has 2 N–H and O–H groups in total. The second kappa shape index (κ2) is 10.2. The van der Waals surface area contributed by atoms with Crippen molar-refractivity contribution in [2.75, 3.05) is 16.7 Å². The number of anilines is 2. The predicted molar refractivity (Wildman–Crippen MR) is 141 cm³/mol. The first-order valence-corrected chi connectivity index (χ1v) is 14.4. The Morgan fingerprint density at radius 3 is 2.49 bits per heavy atom. The van der Waals surface area contributed by atoms with Crippen molar-refractivity contribution < 1.29 is 23.1 Å². The number of nitrogens with one attached hydrogen (secondary N) is 1. The van der Waals surface area contributed by atoms with Gasteiger partial charge in [0.15, 0.2) is 10.8 Å². The number of amides is 1. The van der Waals surface area contributed by atoms with Crippen molar-refractivity contribution in [2.24, 2.45) is 0 Å². The SMILES string of the molecule is COc1ccc(CN(c2cscn2)S(=O)(=O)c2cc(C)c(NC3C[C@H]4CC[C@@H](C3)N4C(=O)O)cn2)cc1. The molecule has 3 atom stereocenters. The molecular weight excluding hydrogens is 514 g/mol. The van der Waals surface area contributed by atoms with Gasteiger partial charge in [-0.05, 0) is 61.9 Å². The van der Waals surface area contributed by atoms with E-state index in [1.165, 1.54) is 15.6 Å². The highest BCUT2D eigenvalue weighted by Crippen LogP contribution is 2.37. The molecule has 1 aromatic carbocycles. The van der Waals surface area contributed by atoms with Crippen LogP contribution in [-0.2, 0) is 16.6 Å². The molecular formula is C25H29N5O5S2. The third kappa shape index (κ3) is 5.08. The maximum absolute atomic E-state index is 13.7. The number of piperidine rings is 1. The average molecular weight is 544 g/mol. The molecule has 12 heteroatoms. The zero-order valence-corrected chi connectivity index (χ0v) is 22.2. The number of aromatic nitrogens is 2. The maximum atomic E-state index is 13.7. The first kappa shape index (κ1) is 25.3. The van der Waals surface area contributed by atoms with E-state index in [0.717, 1.165) is 42.5 Å². The van der Waals surface area contributed by atoms with Crippen LogP contribution in [0.2, 0.25) is 0 Å². The van der Waals surface area contributed by atoms with Crippen molar-refractivity contribution >= 4 is 39.0 Å². The van der Waals surface area contributed by atoms with E-state index in [1.807, 2.05) is 19.1 Å². The van der Waals surface area contributed by atoms with E-state index in [2.05, 4.69) is 15.3 Å². The molecule has 1 unspecified atom stereocenters. The molecule has 2 aliphatic rings. The number of carbonyl (C=O) groups is 1. The van der Waals surface area contributed by atoms with Crippen LogP contribution in [-0.4, -0.2) is 59.7 Å². The summed E-state index contributed by atoms with van der Waals surface area (Å²) in [6.45, 7) is 1.95. The Morgan fingerprint density at radius 1 is 1.22 bits per heavy atom. The van der Waals surface area contributed by atoms with Gasteiger partial charge in [-0.25, -0.2) is 19.1 Å². The Labute approximate surface area is 220 Å². The van der Waals surface area contributed by atoms with Gasteiger partial charge in [0.1, 0.15) is 5.75 Å². The van der Waals surface area contributed by atoms with Gasteiger partial charge in [0.2, 0.25) is 0 Å². The van der Waals surface area contributed by atoms with Crippen molar-refractivity contribution in [3.63, 3.8) is 0 Å². The number of hydrogen-bond donors (Lipinski definition) is 2. The number of carboxylic acid groups (broad SMARTS) is 1. The highest BCUT2D eigenvalue weighted by molar-refractivity contribution is 7.92. The van der Waals surface area contributed by atoms with Gasteiger partial charge < -0.3 is 20.1 Å². The molecule has 1 amide bonds. The zero-order valence-electron chi connectivity index (χ0n) is 20.6. The second-order valence-corrected chi connectivity index (χ2v) is 12.0. The lowest BCUT2D eigenvalue weighted by Gasteiger charge is -2.37. The normalized spacial score (nSPS) is 21.0. The minimum atomic E-state index is -4.00. The molecule has 10 nitrogen and oxygen atoms in total. The van der Waals surface area contributed by atoms with Crippen LogP contribution in [0, 0.1) is 6.92 Å². The molecule has 4 heterocycles. The molecule has 3 aromatic rings. The smallest absolute Gasteiger partial charge is 0.407 e. The number of sulfonamides is 1. The van der Waals surface area contributed by atoms with Crippen molar-refractivity contribution in [2.45, 2.75) is 62.3 Å². The molecule has 2 bridgehead atoms. The number of aryl methyl sites for hydroxylation is 1. The van der Waals surface area contributed by atoms with Gasteiger partial charge in [-0.3, -0.25) is 0 Å². The quantitative estimate of drug-likeness (QED) is 0.430. The molecule has 196 valence electrons. The summed E-state index contributed by atoms with van der Waals surface area (Å²) in [5.74, 6) is 1.02. The predicted octanol–water partition coefficient (Wildman–Crippen LogP) is 4.34. The van der Waals surface area contributed by atoms with Crippen LogP contribution in [0.25, 0.3) is 0 Å². The number of hydrogen-bond acceptors (Lipinski definition) is 8. The summed E-state index contributed by atoms with van der Waals surface area (Å²) in [5.41, 5.74) is 3.89. The number of rotatable bonds is 8. The van der Waals surface area contributed by atoms with E-state index >= 15 is 0 Å². The number of benzene rings is 1. The second-order valence-electron chi connectivity index (χ2n) is 9.43. The first-order chi connectivity index (χ1) is 17.8. The standard InChI is InChI=1S/C25H29N5O5S2/c1-16-9-24(26-12-22(16)28-18-10-19-5-6-20(11-18)30(19)25(31)32)37(33,34)29(23-14-36-15-27-23)13-17-3-7-21(35-2)8-4-17/h3-4,7-9,12,14-15,18-20,28H,5-6,10-11,13H2,1-2H3,(H,31,32)/t18?,19-,20+. The Kier molecular flexibility index (Phi) is 6.95. The van der Waals surface area contributed by atoms with Crippen molar-refractivity contribution in [1.29, 1.82) is 0 Å². The lowest BCUT2D eigenvalue weighted by Crippen LogP contribution is -2.49. The van der Waals surface area contributed by atoms with E-state index in [-0.39, 0.29) is 29.7 Å². The van der Waals surface area contributed by atoms with E-state index in [9.17, 15) is 18.3 Å². The van der Waals surface area contributed by atoms with Crippen molar-refractivity contribution in [1.82, 2.24) is 14.9 Å². The Hall–Kier alpha value is -3.38. The van der Waals surface area contributed by atoms with E-state index in [0.29, 0.717) is 11.6 Å². The molecule has 2 saturated heterocycles. The van der Waals surface area contributed by atoms with Crippen LogP contribution in [0.4, 0.5) is 16.3 Å². The summed E-state index contributed by atoms with van der Waals surface area (Å²) < 4.78 is 33.9. The van der Waals surface area contributed by atoms with Gasteiger partial charge in [0.05, 0.1) is 31.0 Å². The van der Waals surface area contributed by atoms with E-state index in [4.69, 9.17) is 4.74 Å². The van der Waals surface area contributed by atoms with Crippen molar-refractivity contribution in [3.05, 3.63) is 58.5 Å². The number of ether oxygens (including phenoxy) is 1. The monoisotopic (exact) mass is 543 g/mol. The van der Waals surface area contributed by atoms with Gasteiger partial charge >= 0.3 is 6.09 Å². The molecule has 2 fully saturated rings. The fraction of sp³-hybridized carbons (Fsp3) is 0.400. The number of thiazole rings is 1. The van der Waals surface area contributed by atoms with Crippen LogP contribution in [0.3, 0.4) is 0 Å². The average Bonchev–Trinajstić information content (AvgIpc) is 3.50. The minimum absolute atomic E-state index is 0.0197. The molecule has 5 rings (SSSR count). The molecule has 0 aliphatic carbocycles. The molecule has 0 radical (unpaired) electrons. The lowest BCUT2D eigenvalue weighted by atomic mass is 9.97. The summed E-state index contributed by atoms with van der Waals surface area (Å²) in [5, 5.41) is 14.6. The summed E-state index contributed by atoms with van der Waals surface area (Å²) in [7, 11) is -2.42. The van der Waals surface area contributed by atoms with Crippen LogP contribution in [0.15, 0.2) is 52.4 Å². The Morgan fingerprint density at radius 2 is 1.92 bits per heavy atom. The van der Waals surface area contributed by atoms with Gasteiger partial charge in [-0.15, -0.1) is 11.3 Å². The molecule has 0 saturated carbocycles. The van der Waals surface area contributed by atoms with Crippen LogP contribution in [0.1, 0.15) is 36.8 Å². The Bertz CT molecular complexity index is 1350. The molecule has 2 aromatic heterocycles. The molecule has 0 spiro atoms. The van der Waals surface area contributed by atoms with E-state index in [1.54, 1.807) is 47.3 Å². The number of methoxy groups -OCH3 is 1. The number of nitrogens with zero attached hydrogens (tertiary/aromatic N) is 4. The lowest BCUT2D eigenvalue weighted by molar-refractivity contribution is 0.0994. The number of pyridine rings is 1. The first-order valence-electron chi connectivity index (χ1n) is 12.0. The summed E-state index contributed by atoms with van der Waals surface area (Å²) in [4.78, 5) is 21.7. The maximum Gasteiger partial charge on any atom is 0.407 e. The molecule has 2 aliphatic heterocycles. The fourth-order valence-electron chi connectivity index (χ4n) is 5.28. The van der Waals surface area contributed by atoms with Gasteiger partial charge in [-0.1, -0.05) is 12.1 Å². The minimum Gasteiger partial charge on any atom is -0.497 e. The van der Waals surface area contributed by atoms with Crippen LogP contribution in [0.5, 0.6) is 5.75 Å². The van der Waals surface area contributed by atoms with Crippen LogP contribution < -0.4 is 14.4 Å². The topological polar surface area (TPSA) is 125 Å². The van der Waals surface area contributed by atoms with Crippen LogP contribution >= 0.6 is 11.3 Å².